The van der Waals surface area contributed by atoms with E-state index >= 15 is 0 Å². The maximum absolute atomic E-state index is 12.4. The topological polar surface area (TPSA) is 49.4 Å². The summed E-state index contributed by atoms with van der Waals surface area (Å²) in [7, 11) is 0. The Hall–Kier alpha value is -1.84. The van der Waals surface area contributed by atoms with Crippen LogP contribution in [-0.4, -0.2) is 24.4 Å². The molecule has 1 aliphatic carbocycles. The summed E-state index contributed by atoms with van der Waals surface area (Å²) in [5.41, 5.74) is 3.71. The molecule has 0 spiro atoms. The van der Waals surface area contributed by atoms with E-state index in [2.05, 4.69) is 31.3 Å². The lowest BCUT2D eigenvalue weighted by atomic mass is 10.0. The van der Waals surface area contributed by atoms with Crippen molar-refractivity contribution in [2.45, 2.75) is 52.5 Å². The van der Waals surface area contributed by atoms with Crippen molar-refractivity contribution in [1.82, 2.24) is 5.32 Å². The van der Waals surface area contributed by atoms with Crippen LogP contribution in [-0.2, 0) is 22.4 Å². The first-order chi connectivity index (χ1) is 11.0. The van der Waals surface area contributed by atoms with E-state index in [4.69, 9.17) is 0 Å². The molecule has 0 aromatic heterocycles. The third-order valence-corrected chi connectivity index (χ3v) is 5.26. The highest BCUT2D eigenvalue weighted by molar-refractivity contribution is 6.00. The molecule has 1 fully saturated rings. The number of rotatable bonds is 4. The lowest BCUT2D eigenvalue weighted by molar-refractivity contribution is -0.127. The van der Waals surface area contributed by atoms with Crippen LogP contribution >= 0.6 is 0 Å². The summed E-state index contributed by atoms with van der Waals surface area (Å²) in [5, 5.41) is 3.04. The number of benzene rings is 1. The second-order valence-corrected chi connectivity index (χ2v) is 7.25. The number of carbonyl (C=O) groups is 2. The molecular weight excluding hydrogens is 288 g/mol. The van der Waals surface area contributed by atoms with Crippen molar-refractivity contribution in [2.75, 3.05) is 11.4 Å². The molecular formula is C19H26N2O2. The highest BCUT2D eigenvalue weighted by atomic mass is 16.2. The van der Waals surface area contributed by atoms with E-state index in [1.165, 1.54) is 17.5 Å². The molecule has 4 heteroatoms. The van der Waals surface area contributed by atoms with Gasteiger partial charge in [0.25, 0.3) is 0 Å². The van der Waals surface area contributed by atoms with Gasteiger partial charge in [-0.3, -0.25) is 9.59 Å². The summed E-state index contributed by atoms with van der Waals surface area (Å²) >= 11 is 0. The van der Waals surface area contributed by atoms with Crippen LogP contribution in [0, 0.1) is 11.8 Å². The first-order valence-corrected chi connectivity index (χ1v) is 8.68. The van der Waals surface area contributed by atoms with Gasteiger partial charge in [-0.05, 0) is 55.4 Å². The first-order valence-electron chi connectivity index (χ1n) is 8.68. The number of hydrogen-bond acceptors (Lipinski definition) is 2. The van der Waals surface area contributed by atoms with Crippen LogP contribution in [0.25, 0.3) is 0 Å². The molecule has 23 heavy (non-hydrogen) atoms. The van der Waals surface area contributed by atoms with E-state index < -0.39 is 0 Å². The SMILES string of the molecule is CC(C)[C@H](C)NC(=O)[C@@H]1CC(=O)N(c2ccc3c(c2)CCC3)C1. The average Bonchev–Trinajstić information content (AvgIpc) is 3.12. The van der Waals surface area contributed by atoms with Crippen molar-refractivity contribution >= 4 is 17.5 Å². The van der Waals surface area contributed by atoms with Gasteiger partial charge in [-0.1, -0.05) is 19.9 Å². The highest BCUT2D eigenvalue weighted by Gasteiger charge is 2.35. The van der Waals surface area contributed by atoms with Crippen LogP contribution in [0.4, 0.5) is 5.69 Å². The van der Waals surface area contributed by atoms with E-state index in [9.17, 15) is 9.59 Å². The molecule has 124 valence electrons. The summed E-state index contributed by atoms with van der Waals surface area (Å²) in [6.45, 7) is 6.68. The number of nitrogens with zero attached hydrogens (tertiary/aromatic N) is 1. The monoisotopic (exact) mass is 314 g/mol. The zero-order chi connectivity index (χ0) is 16.6. The summed E-state index contributed by atoms with van der Waals surface area (Å²) in [6.07, 6.45) is 3.75. The summed E-state index contributed by atoms with van der Waals surface area (Å²) in [6, 6.07) is 6.43. The molecule has 3 rings (SSSR count). The Labute approximate surface area is 138 Å². The van der Waals surface area contributed by atoms with Crippen LogP contribution in [0.5, 0.6) is 0 Å². The molecule has 4 nitrogen and oxygen atoms in total. The maximum Gasteiger partial charge on any atom is 0.227 e. The fraction of sp³-hybridized carbons (Fsp3) is 0.579. The van der Waals surface area contributed by atoms with Crippen molar-refractivity contribution in [2.24, 2.45) is 11.8 Å². The van der Waals surface area contributed by atoms with Crippen molar-refractivity contribution in [3.63, 3.8) is 0 Å². The number of fused-ring (bicyclic) bond motifs is 1. The third-order valence-electron chi connectivity index (χ3n) is 5.26. The number of hydrogen-bond donors (Lipinski definition) is 1. The molecule has 1 saturated heterocycles. The molecule has 1 aromatic rings. The number of nitrogens with one attached hydrogen (secondary N) is 1. The van der Waals surface area contributed by atoms with E-state index in [1.54, 1.807) is 4.90 Å². The van der Waals surface area contributed by atoms with Crippen LogP contribution in [0.1, 0.15) is 44.7 Å². The van der Waals surface area contributed by atoms with Crippen molar-refractivity contribution < 1.29 is 9.59 Å². The molecule has 0 radical (unpaired) electrons. The smallest absolute Gasteiger partial charge is 0.227 e. The Kier molecular flexibility index (Phi) is 4.42. The fourth-order valence-electron chi connectivity index (χ4n) is 3.37. The van der Waals surface area contributed by atoms with Crippen molar-refractivity contribution in [3.05, 3.63) is 29.3 Å². The zero-order valence-corrected chi connectivity index (χ0v) is 14.3. The summed E-state index contributed by atoms with van der Waals surface area (Å²) < 4.78 is 0. The van der Waals surface area contributed by atoms with E-state index in [1.807, 2.05) is 13.0 Å². The molecule has 2 atom stereocenters. The second kappa shape index (κ2) is 6.34. The maximum atomic E-state index is 12.4. The third kappa shape index (κ3) is 3.26. The normalized spacial score (nSPS) is 21.7. The van der Waals surface area contributed by atoms with Crippen LogP contribution in [0.2, 0.25) is 0 Å². The number of anilines is 1. The Balaban J connectivity index is 1.69. The zero-order valence-electron chi connectivity index (χ0n) is 14.3. The van der Waals surface area contributed by atoms with Crippen LogP contribution < -0.4 is 10.2 Å². The van der Waals surface area contributed by atoms with Gasteiger partial charge < -0.3 is 10.2 Å². The van der Waals surface area contributed by atoms with Crippen molar-refractivity contribution in [1.29, 1.82) is 0 Å². The van der Waals surface area contributed by atoms with Gasteiger partial charge in [0.1, 0.15) is 0 Å². The Bertz CT molecular complexity index is 624. The van der Waals surface area contributed by atoms with Gasteiger partial charge in [-0.15, -0.1) is 0 Å². The van der Waals surface area contributed by atoms with Gasteiger partial charge in [0.2, 0.25) is 11.8 Å². The molecule has 1 aliphatic heterocycles. The van der Waals surface area contributed by atoms with Gasteiger partial charge in [-0.2, -0.15) is 0 Å². The molecule has 2 amide bonds. The van der Waals surface area contributed by atoms with Gasteiger partial charge in [0.05, 0.1) is 5.92 Å². The van der Waals surface area contributed by atoms with Gasteiger partial charge in [0.15, 0.2) is 0 Å². The summed E-state index contributed by atoms with van der Waals surface area (Å²) in [4.78, 5) is 26.5. The minimum atomic E-state index is -0.239. The molecule has 1 heterocycles. The van der Waals surface area contributed by atoms with Gasteiger partial charge in [0, 0.05) is 24.7 Å². The lowest BCUT2D eigenvalue weighted by Crippen LogP contribution is -2.40. The highest BCUT2D eigenvalue weighted by Crippen LogP contribution is 2.30. The number of aryl methyl sites for hydroxylation is 2. The molecule has 0 unspecified atom stereocenters. The predicted octanol–water partition coefficient (Wildman–Crippen LogP) is 2.69. The molecule has 2 aliphatic rings. The quantitative estimate of drug-likeness (QED) is 0.929. The Morgan fingerprint density at radius 1 is 1.22 bits per heavy atom. The van der Waals surface area contributed by atoms with Crippen LogP contribution in [0.3, 0.4) is 0 Å². The molecule has 0 saturated carbocycles. The van der Waals surface area contributed by atoms with E-state index in [0.29, 0.717) is 18.9 Å². The first kappa shape index (κ1) is 16.0. The Morgan fingerprint density at radius 2 is 1.96 bits per heavy atom. The second-order valence-electron chi connectivity index (χ2n) is 7.25. The Morgan fingerprint density at radius 3 is 2.70 bits per heavy atom. The minimum absolute atomic E-state index is 0.00297. The average molecular weight is 314 g/mol. The van der Waals surface area contributed by atoms with E-state index in [0.717, 1.165) is 18.5 Å². The van der Waals surface area contributed by atoms with Gasteiger partial charge >= 0.3 is 0 Å². The minimum Gasteiger partial charge on any atom is -0.353 e. The number of carbonyl (C=O) groups excluding carboxylic acids is 2. The predicted molar refractivity (Wildman–Crippen MR) is 91.4 cm³/mol. The largest absolute Gasteiger partial charge is 0.353 e. The summed E-state index contributed by atoms with van der Waals surface area (Å²) in [5.74, 6) is 0.212. The van der Waals surface area contributed by atoms with Crippen LogP contribution in [0.15, 0.2) is 18.2 Å². The van der Waals surface area contributed by atoms with Crippen molar-refractivity contribution in [3.8, 4) is 0 Å². The molecule has 0 bridgehead atoms. The number of amides is 2. The molecule has 1 aromatic carbocycles. The fourth-order valence-corrected chi connectivity index (χ4v) is 3.37. The standard InChI is InChI=1S/C19H26N2O2/c1-12(2)13(3)20-19(23)16-10-18(22)21(11-16)17-8-7-14-5-4-6-15(14)9-17/h7-9,12-13,16H,4-6,10-11H2,1-3H3,(H,20,23)/t13-,16+/m0/s1. The van der Waals surface area contributed by atoms with Gasteiger partial charge in [-0.25, -0.2) is 0 Å². The lowest BCUT2D eigenvalue weighted by Gasteiger charge is -2.21. The molecule has 1 N–H and O–H groups in total. The van der Waals surface area contributed by atoms with E-state index in [-0.39, 0.29) is 23.8 Å².